The summed E-state index contributed by atoms with van der Waals surface area (Å²) in [5.41, 5.74) is 1.39. The third-order valence-electron chi connectivity index (χ3n) is 2.70. The topological polar surface area (TPSA) is 12.0 Å². The van der Waals surface area contributed by atoms with Gasteiger partial charge in [-0.25, -0.2) is 0 Å². The first-order valence-corrected chi connectivity index (χ1v) is 9.69. The van der Waals surface area contributed by atoms with Crippen LogP contribution in [-0.4, -0.2) is 14.6 Å². The molecule has 0 atom stereocenters. The summed E-state index contributed by atoms with van der Waals surface area (Å²) in [4.78, 5) is 0. The lowest BCUT2D eigenvalue weighted by Gasteiger charge is -2.17. The second-order valence-corrected chi connectivity index (χ2v) is 11.0. The molecule has 1 nitrogen and oxygen atoms in total. The average Bonchev–Trinajstić information content (AvgIpc) is 2.16. The Morgan fingerprint density at radius 1 is 1.06 bits per heavy atom. The van der Waals surface area contributed by atoms with Crippen molar-refractivity contribution in [1.29, 1.82) is 0 Å². The Balaban J connectivity index is 2.52. The molecule has 0 amide bonds. The van der Waals surface area contributed by atoms with E-state index in [0.717, 1.165) is 19.0 Å². The van der Waals surface area contributed by atoms with Crippen molar-refractivity contribution < 1.29 is 0 Å². The molecule has 0 aliphatic heterocycles. The molecule has 0 aliphatic rings. The van der Waals surface area contributed by atoms with Gasteiger partial charge in [0.25, 0.3) is 0 Å². The summed E-state index contributed by atoms with van der Waals surface area (Å²) >= 11 is 0. The largest absolute Gasteiger partial charge is 0.312 e. The fourth-order valence-electron chi connectivity index (χ4n) is 1.63. The lowest BCUT2D eigenvalue weighted by atomic mass is 10.2. The fraction of sp³-hybridized carbons (Fsp3) is 0.571. The van der Waals surface area contributed by atoms with Crippen LogP contribution in [0.4, 0.5) is 0 Å². The van der Waals surface area contributed by atoms with Gasteiger partial charge in [-0.2, -0.15) is 0 Å². The van der Waals surface area contributed by atoms with Crippen LogP contribution in [0.1, 0.15) is 19.4 Å². The van der Waals surface area contributed by atoms with Crippen molar-refractivity contribution in [3.63, 3.8) is 0 Å². The summed E-state index contributed by atoms with van der Waals surface area (Å²) in [5, 5.41) is 5.01. The van der Waals surface area contributed by atoms with Crippen LogP contribution >= 0.6 is 0 Å². The Morgan fingerprint density at radius 3 is 2.06 bits per heavy atom. The molecule has 1 aromatic rings. The van der Waals surface area contributed by atoms with E-state index in [9.17, 15) is 0 Å². The lowest BCUT2D eigenvalue weighted by Crippen LogP contribution is -2.37. The normalized spacial score (nSPS) is 12.1. The van der Waals surface area contributed by atoms with Crippen LogP contribution in [0, 0.1) is 5.92 Å². The van der Waals surface area contributed by atoms with E-state index in [2.05, 4.69) is 63.1 Å². The lowest BCUT2D eigenvalue weighted by molar-refractivity contribution is 0.552. The van der Waals surface area contributed by atoms with Gasteiger partial charge in [-0.15, -0.1) is 0 Å². The Bertz CT molecular complexity index is 309. The maximum absolute atomic E-state index is 3.47. The minimum Gasteiger partial charge on any atom is -0.312 e. The molecule has 0 fully saturated rings. The standard InChI is InChI=1S/C14H25NSi/c1-12(2)10-15-11-13-6-8-14(9-7-13)16(3,4)5/h6-9,12,15H,10-11H2,1-5H3. The molecule has 1 N–H and O–H groups in total. The highest BCUT2D eigenvalue weighted by Crippen LogP contribution is 2.04. The van der Waals surface area contributed by atoms with Gasteiger partial charge in [0.2, 0.25) is 0 Å². The third-order valence-corrected chi connectivity index (χ3v) is 4.77. The van der Waals surface area contributed by atoms with E-state index in [0.29, 0.717) is 0 Å². The zero-order valence-electron chi connectivity index (χ0n) is 11.3. The summed E-state index contributed by atoms with van der Waals surface area (Å²) in [5.74, 6) is 0.723. The zero-order valence-corrected chi connectivity index (χ0v) is 12.3. The van der Waals surface area contributed by atoms with E-state index in [1.807, 2.05) is 0 Å². The van der Waals surface area contributed by atoms with Gasteiger partial charge in [0, 0.05) is 6.54 Å². The van der Waals surface area contributed by atoms with Gasteiger partial charge in [0.05, 0.1) is 8.07 Å². The number of nitrogens with one attached hydrogen (secondary N) is 1. The molecule has 0 spiro atoms. The Labute approximate surface area is 101 Å². The van der Waals surface area contributed by atoms with Gasteiger partial charge >= 0.3 is 0 Å². The predicted molar refractivity (Wildman–Crippen MR) is 76.0 cm³/mol. The number of rotatable bonds is 5. The highest BCUT2D eigenvalue weighted by molar-refractivity contribution is 6.88. The third kappa shape index (κ3) is 4.50. The predicted octanol–water partition coefficient (Wildman–Crippen LogP) is 2.98. The Kier molecular flexibility index (Phi) is 4.75. The molecule has 1 aromatic carbocycles. The summed E-state index contributed by atoms with van der Waals surface area (Å²) in [6, 6.07) is 9.14. The van der Waals surface area contributed by atoms with E-state index in [1.165, 1.54) is 5.56 Å². The average molecular weight is 235 g/mol. The van der Waals surface area contributed by atoms with Crippen LogP contribution < -0.4 is 10.5 Å². The van der Waals surface area contributed by atoms with Gasteiger partial charge in [0.1, 0.15) is 0 Å². The van der Waals surface area contributed by atoms with E-state index < -0.39 is 8.07 Å². The van der Waals surface area contributed by atoms with Crippen LogP contribution in [0.3, 0.4) is 0 Å². The molecule has 0 saturated heterocycles. The summed E-state index contributed by atoms with van der Waals surface area (Å²) < 4.78 is 0. The summed E-state index contributed by atoms with van der Waals surface area (Å²) in [7, 11) is -1.13. The zero-order chi connectivity index (χ0) is 12.2. The van der Waals surface area contributed by atoms with Crippen LogP contribution in [0.5, 0.6) is 0 Å². The first kappa shape index (κ1) is 13.5. The number of hydrogen-bond acceptors (Lipinski definition) is 1. The quantitative estimate of drug-likeness (QED) is 0.774. The highest BCUT2D eigenvalue weighted by Gasteiger charge is 2.15. The monoisotopic (exact) mass is 235 g/mol. The second kappa shape index (κ2) is 5.64. The molecular weight excluding hydrogens is 210 g/mol. The van der Waals surface area contributed by atoms with Gasteiger partial charge in [0.15, 0.2) is 0 Å². The van der Waals surface area contributed by atoms with Crippen LogP contribution in [-0.2, 0) is 6.54 Å². The Hall–Kier alpha value is -0.603. The first-order valence-electron chi connectivity index (χ1n) is 6.19. The highest BCUT2D eigenvalue weighted by atomic mass is 28.3. The van der Waals surface area contributed by atoms with Crippen molar-refractivity contribution in [1.82, 2.24) is 5.32 Å². The molecule has 1 rings (SSSR count). The summed E-state index contributed by atoms with van der Waals surface area (Å²) in [6.07, 6.45) is 0. The van der Waals surface area contributed by atoms with Gasteiger partial charge in [-0.05, 0) is 18.0 Å². The maximum atomic E-state index is 3.47. The number of benzene rings is 1. The van der Waals surface area contributed by atoms with Crippen molar-refractivity contribution in [3.05, 3.63) is 29.8 Å². The van der Waals surface area contributed by atoms with E-state index >= 15 is 0 Å². The molecule has 0 aliphatic carbocycles. The first-order chi connectivity index (χ1) is 7.39. The molecular formula is C14H25NSi. The molecule has 0 radical (unpaired) electrons. The molecule has 0 heterocycles. The van der Waals surface area contributed by atoms with Crippen molar-refractivity contribution in [3.8, 4) is 0 Å². The van der Waals surface area contributed by atoms with Crippen LogP contribution in [0.25, 0.3) is 0 Å². The van der Waals surface area contributed by atoms with Crippen molar-refractivity contribution in [2.75, 3.05) is 6.54 Å². The van der Waals surface area contributed by atoms with Gasteiger partial charge in [-0.3, -0.25) is 0 Å². The molecule has 0 bridgehead atoms. The summed E-state index contributed by atoms with van der Waals surface area (Å²) in [6.45, 7) is 13.7. The van der Waals surface area contributed by atoms with E-state index in [-0.39, 0.29) is 0 Å². The minimum atomic E-state index is -1.13. The SMILES string of the molecule is CC(C)CNCc1ccc([Si](C)(C)C)cc1. The Morgan fingerprint density at radius 2 is 1.62 bits per heavy atom. The van der Waals surface area contributed by atoms with Crippen molar-refractivity contribution in [2.45, 2.75) is 40.0 Å². The minimum absolute atomic E-state index is 0.723. The van der Waals surface area contributed by atoms with Crippen LogP contribution in [0.15, 0.2) is 24.3 Å². The van der Waals surface area contributed by atoms with Crippen molar-refractivity contribution in [2.24, 2.45) is 5.92 Å². The molecule has 2 heteroatoms. The van der Waals surface area contributed by atoms with Crippen LogP contribution in [0.2, 0.25) is 19.6 Å². The van der Waals surface area contributed by atoms with Gasteiger partial charge in [-0.1, -0.05) is 62.9 Å². The van der Waals surface area contributed by atoms with E-state index in [1.54, 1.807) is 5.19 Å². The molecule has 90 valence electrons. The maximum Gasteiger partial charge on any atom is 0.0775 e. The molecule has 0 unspecified atom stereocenters. The number of hydrogen-bond donors (Lipinski definition) is 1. The fourth-order valence-corrected chi connectivity index (χ4v) is 2.79. The van der Waals surface area contributed by atoms with Crippen molar-refractivity contribution >= 4 is 13.3 Å². The molecule has 0 saturated carbocycles. The van der Waals surface area contributed by atoms with Gasteiger partial charge < -0.3 is 5.32 Å². The van der Waals surface area contributed by atoms with E-state index in [4.69, 9.17) is 0 Å². The molecule has 0 aromatic heterocycles. The second-order valence-electron chi connectivity index (χ2n) is 5.97. The molecule has 16 heavy (non-hydrogen) atoms. The smallest absolute Gasteiger partial charge is 0.0775 e.